The van der Waals surface area contributed by atoms with Crippen molar-refractivity contribution in [1.29, 1.82) is 0 Å². The van der Waals surface area contributed by atoms with Gasteiger partial charge in [0.25, 0.3) is 0 Å². The van der Waals surface area contributed by atoms with E-state index in [4.69, 9.17) is 0 Å². The van der Waals surface area contributed by atoms with Crippen LogP contribution in [-0.2, 0) is 4.79 Å². The highest BCUT2D eigenvalue weighted by atomic mass is 16.3. The molecular weight excluding hydrogens is 430 g/mol. The first-order chi connectivity index (χ1) is 16.4. The molecule has 5 atom stereocenters. The molecule has 2 saturated carbocycles. The molecule has 186 valence electrons. The average Bonchev–Trinajstić information content (AvgIpc) is 3.07. The number of hydrogen-bond acceptors (Lipinski definition) is 3. The molecule has 1 N–H and O–H groups in total. The molecule has 0 unspecified atom stereocenters. The molecule has 0 heterocycles. The van der Waals surface area contributed by atoms with E-state index in [2.05, 4.69) is 82.8 Å². The Morgan fingerprint density at radius 2 is 1.77 bits per heavy atom. The summed E-state index contributed by atoms with van der Waals surface area (Å²) in [6.07, 6.45) is 8.19. The third-order valence-corrected chi connectivity index (χ3v) is 9.34. The molecule has 4 aliphatic carbocycles. The van der Waals surface area contributed by atoms with Gasteiger partial charge in [-0.1, -0.05) is 36.5 Å². The van der Waals surface area contributed by atoms with Crippen molar-refractivity contribution in [2.45, 2.75) is 84.2 Å². The SMILES string of the molecule is CN(C)c1ccc([C@H]2C[C@@]3(C)[C@@H](CC[C@@]3(O)C#CC(C)(C)C)[C@@H]3CCC4=CC(=O)CCC4=C32)cc1. The van der Waals surface area contributed by atoms with Crippen LogP contribution in [0.2, 0.25) is 0 Å². The van der Waals surface area contributed by atoms with E-state index in [-0.39, 0.29) is 22.5 Å². The fraction of sp³-hybridized carbons (Fsp3) is 0.594. The predicted molar refractivity (Wildman–Crippen MR) is 143 cm³/mol. The maximum atomic E-state index is 12.3. The van der Waals surface area contributed by atoms with Gasteiger partial charge < -0.3 is 10.0 Å². The maximum Gasteiger partial charge on any atom is 0.156 e. The highest BCUT2D eigenvalue weighted by Crippen LogP contribution is 2.66. The molecule has 1 aromatic rings. The quantitative estimate of drug-likeness (QED) is 0.505. The van der Waals surface area contributed by atoms with E-state index in [1.165, 1.54) is 22.4 Å². The van der Waals surface area contributed by atoms with Gasteiger partial charge >= 0.3 is 0 Å². The summed E-state index contributed by atoms with van der Waals surface area (Å²) in [5, 5.41) is 12.1. The number of ketones is 1. The largest absolute Gasteiger partial charge is 0.378 e. The molecular formula is C32H41NO2. The van der Waals surface area contributed by atoms with Gasteiger partial charge in [-0.25, -0.2) is 0 Å². The first kappa shape index (κ1) is 24.4. The lowest BCUT2D eigenvalue weighted by Crippen LogP contribution is -2.51. The molecule has 0 radical (unpaired) electrons. The smallest absolute Gasteiger partial charge is 0.156 e. The number of nitrogens with zero attached hydrogens (tertiary/aromatic N) is 1. The van der Waals surface area contributed by atoms with Crippen LogP contribution in [0.4, 0.5) is 5.69 Å². The topological polar surface area (TPSA) is 40.5 Å². The van der Waals surface area contributed by atoms with Gasteiger partial charge in [-0.15, -0.1) is 0 Å². The molecule has 2 fully saturated rings. The van der Waals surface area contributed by atoms with Gasteiger partial charge in [-0.05, 0) is 106 Å². The van der Waals surface area contributed by atoms with Gasteiger partial charge in [-0.2, -0.15) is 0 Å². The van der Waals surface area contributed by atoms with E-state index in [1.54, 1.807) is 5.57 Å². The third-order valence-electron chi connectivity index (χ3n) is 9.34. The number of fused-ring (bicyclic) bond motifs is 4. The van der Waals surface area contributed by atoms with Crippen molar-refractivity contribution in [2.24, 2.45) is 22.7 Å². The number of allylic oxidation sites excluding steroid dienone is 4. The van der Waals surface area contributed by atoms with E-state index in [9.17, 15) is 9.90 Å². The van der Waals surface area contributed by atoms with Crippen molar-refractivity contribution in [3.8, 4) is 11.8 Å². The molecule has 3 heteroatoms. The minimum Gasteiger partial charge on any atom is -0.378 e. The monoisotopic (exact) mass is 471 g/mol. The minimum absolute atomic E-state index is 0.132. The third kappa shape index (κ3) is 4.09. The van der Waals surface area contributed by atoms with Crippen LogP contribution in [-0.4, -0.2) is 30.6 Å². The zero-order chi connectivity index (χ0) is 25.2. The summed E-state index contributed by atoms with van der Waals surface area (Å²) < 4.78 is 0. The van der Waals surface area contributed by atoms with E-state index >= 15 is 0 Å². The normalized spacial score (nSPS) is 34.3. The second-order valence-electron chi connectivity index (χ2n) is 12.9. The molecule has 0 aliphatic heterocycles. The van der Waals surface area contributed by atoms with Crippen molar-refractivity contribution in [1.82, 2.24) is 0 Å². The number of benzene rings is 1. The summed E-state index contributed by atoms with van der Waals surface area (Å²) in [5.74, 6) is 8.24. The van der Waals surface area contributed by atoms with E-state index in [1.807, 2.05) is 6.08 Å². The Morgan fingerprint density at radius 1 is 1.06 bits per heavy atom. The van der Waals surface area contributed by atoms with Crippen molar-refractivity contribution in [3.63, 3.8) is 0 Å². The molecule has 0 spiro atoms. The number of aliphatic hydroxyl groups is 1. The summed E-state index contributed by atoms with van der Waals surface area (Å²) in [6, 6.07) is 9.01. The highest BCUT2D eigenvalue weighted by Gasteiger charge is 2.62. The van der Waals surface area contributed by atoms with Crippen LogP contribution in [0.15, 0.2) is 47.1 Å². The van der Waals surface area contributed by atoms with Crippen LogP contribution in [0.25, 0.3) is 0 Å². The standard InChI is InChI=1S/C32H41NO2/c1-30(2,3)17-18-32(35)16-15-28-26-13-9-22-19-24(34)12-14-25(22)29(26)27(20-31(28,32)4)21-7-10-23(11-8-21)33(5)6/h7-8,10-11,19,26-28,35H,9,12-16,20H2,1-6H3/t26-,27+,28-,31-,32+/m0/s1. The summed E-state index contributed by atoms with van der Waals surface area (Å²) >= 11 is 0. The van der Waals surface area contributed by atoms with Crippen molar-refractivity contribution < 1.29 is 9.90 Å². The number of hydrogen-bond donors (Lipinski definition) is 1. The number of carbonyl (C=O) groups is 1. The number of rotatable bonds is 2. The molecule has 0 bridgehead atoms. The summed E-state index contributed by atoms with van der Waals surface area (Å²) in [6.45, 7) is 8.68. The van der Waals surface area contributed by atoms with Gasteiger partial charge in [0.15, 0.2) is 5.78 Å². The average molecular weight is 472 g/mol. The second kappa shape index (κ2) is 8.38. The zero-order valence-electron chi connectivity index (χ0n) is 22.4. The zero-order valence-corrected chi connectivity index (χ0v) is 22.4. The predicted octanol–water partition coefficient (Wildman–Crippen LogP) is 6.43. The Balaban J connectivity index is 1.65. The van der Waals surface area contributed by atoms with Gasteiger partial charge in [-0.3, -0.25) is 4.79 Å². The molecule has 0 amide bonds. The van der Waals surface area contributed by atoms with Crippen LogP contribution < -0.4 is 4.90 Å². The lowest BCUT2D eigenvalue weighted by Gasteiger charge is -2.53. The van der Waals surface area contributed by atoms with Gasteiger partial charge in [0.05, 0.1) is 0 Å². The summed E-state index contributed by atoms with van der Waals surface area (Å²) in [7, 11) is 4.15. The molecule has 3 nitrogen and oxygen atoms in total. The maximum absolute atomic E-state index is 12.3. The van der Waals surface area contributed by atoms with Crippen LogP contribution >= 0.6 is 0 Å². The Hall–Kier alpha value is -2.31. The molecule has 1 aromatic carbocycles. The van der Waals surface area contributed by atoms with Gasteiger partial charge in [0.1, 0.15) is 5.60 Å². The fourth-order valence-electron chi connectivity index (χ4n) is 7.47. The Kier molecular flexibility index (Phi) is 5.84. The Bertz CT molecular complexity index is 1150. The highest BCUT2D eigenvalue weighted by molar-refractivity contribution is 5.93. The van der Waals surface area contributed by atoms with Crippen molar-refractivity contribution in [2.75, 3.05) is 19.0 Å². The molecule has 4 aliphatic rings. The van der Waals surface area contributed by atoms with Crippen molar-refractivity contribution >= 4 is 11.5 Å². The lowest BCUT2D eigenvalue weighted by atomic mass is 9.51. The van der Waals surface area contributed by atoms with Crippen LogP contribution in [0.3, 0.4) is 0 Å². The van der Waals surface area contributed by atoms with E-state index in [0.717, 1.165) is 38.5 Å². The van der Waals surface area contributed by atoms with Crippen LogP contribution in [0.1, 0.15) is 84.1 Å². The molecule has 5 rings (SSSR count). The second-order valence-corrected chi connectivity index (χ2v) is 12.9. The first-order valence-electron chi connectivity index (χ1n) is 13.4. The summed E-state index contributed by atoms with van der Waals surface area (Å²) in [5.41, 5.74) is 5.50. The van der Waals surface area contributed by atoms with E-state index < -0.39 is 5.60 Å². The minimum atomic E-state index is -0.957. The lowest BCUT2D eigenvalue weighted by molar-refractivity contribution is -0.114. The molecule has 0 saturated heterocycles. The molecule has 0 aromatic heterocycles. The van der Waals surface area contributed by atoms with Gasteiger partial charge in [0, 0.05) is 43.0 Å². The van der Waals surface area contributed by atoms with Crippen LogP contribution in [0, 0.1) is 34.5 Å². The van der Waals surface area contributed by atoms with Gasteiger partial charge in [0.2, 0.25) is 0 Å². The fourth-order valence-corrected chi connectivity index (χ4v) is 7.47. The number of anilines is 1. The summed E-state index contributed by atoms with van der Waals surface area (Å²) in [4.78, 5) is 14.4. The Morgan fingerprint density at radius 3 is 2.43 bits per heavy atom. The molecule has 35 heavy (non-hydrogen) atoms. The van der Waals surface area contributed by atoms with Crippen LogP contribution in [0.5, 0.6) is 0 Å². The number of carbonyl (C=O) groups excluding carboxylic acids is 1. The van der Waals surface area contributed by atoms with Crippen molar-refractivity contribution in [3.05, 3.63) is 52.6 Å². The Labute approximate surface area is 211 Å². The van der Waals surface area contributed by atoms with E-state index in [0.29, 0.717) is 18.3 Å². The first-order valence-corrected chi connectivity index (χ1v) is 13.4.